The van der Waals surface area contributed by atoms with Crippen LogP contribution < -0.4 is 10.2 Å². The molecule has 10 heteroatoms. The Kier molecular flexibility index (Phi) is 63.5. The number of carbonyl (C=O) groups is 2. The average Bonchev–Trinajstić information content (AvgIpc) is 3.70. The zero-order valence-electron chi connectivity index (χ0n) is 57.7. The van der Waals surface area contributed by atoms with Gasteiger partial charge in [-0.1, -0.05) is 298 Å². The molecule has 0 fully saturated rings. The summed E-state index contributed by atoms with van der Waals surface area (Å²) in [5.41, 5.74) is 0. The van der Waals surface area contributed by atoms with Crippen LogP contribution in [-0.4, -0.2) is 69.4 Å². The van der Waals surface area contributed by atoms with Crippen LogP contribution in [0.5, 0.6) is 0 Å². The van der Waals surface area contributed by atoms with Crippen LogP contribution in [0.25, 0.3) is 0 Å². The van der Waals surface area contributed by atoms with E-state index in [1.165, 1.54) is 180 Å². The van der Waals surface area contributed by atoms with Crippen molar-refractivity contribution in [2.24, 2.45) is 0 Å². The summed E-state index contributed by atoms with van der Waals surface area (Å²) in [6.45, 7) is 6.81. The largest absolute Gasteiger partial charge is 0.756 e. The number of rotatable bonds is 66. The average molecular weight is 1240 g/mol. The van der Waals surface area contributed by atoms with Gasteiger partial charge in [-0.3, -0.25) is 14.2 Å². The van der Waals surface area contributed by atoms with E-state index in [4.69, 9.17) is 13.8 Å². The molecule has 0 heterocycles. The lowest BCUT2D eigenvalue weighted by Crippen LogP contribution is -2.47. The van der Waals surface area contributed by atoms with Gasteiger partial charge in [-0.15, -0.1) is 0 Å². The van der Waals surface area contributed by atoms with Crippen molar-refractivity contribution in [3.05, 3.63) is 97.2 Å². The normalized spacial score (nSPS) is 14.1. The molecular weight excluding hydrogens is 1100 g/mol. The van der Waals surface area contributed by atoms with Crippen molar-refractivity contribution in [2.45, 2.75) is 341 Å². The maximum absolute atomic E-state index is 13.6. The van der Waals surface area contributed by atoms with Gasteiger partial charge >= 0.3 is 5.97 Å². The summed E-state index contributed by atoms with van der Waals surface area (Å²) in [6, 6.07) is -0.900. The number of nitrogens with one attached hydrogen (secondary N) is 1. The van der Waals surface area contributed by atoms with Crippen LogP contribution in [-0.2, 0) is 27.9 Å². The highest BCUT2D eigenvalue weighted by Gasteiger charge is 2.27. The van der Waals surface area contributed by atoms with E-state index in [0.29, 0.717) is 17.4 Å². The summed E-state index contributed by atoms with van der Waals surface area (Å²) in [5.74, 6) is -0.547. The Labute approximate surface area is 538 Å². The minimum atomic E-state index is -4.71. The molecule has 0 aromatic rings. The number of phosphoric acid groups is 1. The Balaban J connectivity index is 5.12. The minimum Gasteiger partial charge on any atom is -0.756 e. The molecule has 1 amide bonds. The third-order valence-electron chi connectivity index (χ3n) is 16.0. The van der Waals surface area contributed by atoms with Gasteiger partial charge in [0.15, 0.2) is 0 Å². The smallest absolute Gasteiger partial charge is 0.306 e. The molecule has 0 aliphatic heterocycles. The van der Waals surface area contributed by atoms with Gasteiger partial charge in [-0.05, 0) is 115 Å². The van der Waals surface area contributed by atoms with E-state index in [2.05, 4.69) is 111 Å². The van der Waals surface area contributed by atoms with Crippen molar-refractivity contribution < 1.29 is 37.3 Å². The number of phosphoric ester groups is 1. The van der Waals surface area contributed by atoms with Crippen molar-refractivity contribution in [1.82, 2.24) is 5.32 Å². The second-order valence-corrected chi connectivity index (χ2v) is 27.1. The lowest BCUT2D eigenvalue weighted by atomic mass is 10.0. The predicted molar refractivity (Wildman–Crippen MR) is 376 cm³/mol. The van der Waals surface area contributed by atoms with Gasteiger partial charge in [0.05, 0.1) is 33.8 Å². The fourth-order valence-corrected chi connectivity index (χ4v) is 11.1. The zero-order chi connectivity index (χ0) is 63.5. The summed E-state index contributed by atoms with van der Waals surface area (Å²) < 4.78 is 30.5. The number of likely N-dealkylation sites (N-methyl/N-ethyl adjacent to an activating group) is 1. The molecule has 504 valence electrons. The van der Waals surface area contributed by atoms with Gasteiger partial charge in [0.1, 0.15) is 19.3 Å². The summed E-state index contributed by atoms with van der Waals surface area (Å²) in [7, 11) is 1.18. The lowest BCUT2D eigenvalue weighted by molar-refractivity contribution is -0.870. The SMILES string of the molecule is CCCCC/C=C\C/C=C\C/C=C\C/C=C\CCCCCCCCCCCC(=O)OC(/C=C/CCCCCCCCCCCCC)C(COP(=O)([O-])OCC[N+](C)(C)C)NC(=O)CCCCCCCCCCCC/C=C\C/C=C\C/C=C\CCCCC. The standard InChI is InChI=1S/C77H139N2O7P/c1-7-10-13-16-19-22-25-28-30-32-34-36-38-39-41-43-45-47-49-52-55-58-61-64-67-70-77(81)86-75(68-65-62-59-56-53-50-27-24-21-18-15-12-9-3)74(73-85-87(82,83)84-72-71-79(4,5)6)78-76(80)69-66-63-60-57-54-51-48-46-44-42-40-37-35-33-31-29-26-23-20-17-14-11-8-2/h19-20,22-23,28-31,34-37,39,41,65,68,74-75H,7-18,21,24-27,32-33,38,40,42-64,66-67,69-73H2,1-6H3,(H-,78,80,82,83)/b22-19-,23-20-,30-28-,31-29-,36-34-,37-35-,41-39-,68-65+. The Bertz CT molecular complexity index is 1810. The van der Waals surface area contributed by atoms with Crippen LogP contribution in [0.3, 0.4) is 0 Å². The van der Waals surface area contributed by atoms with Crippen molar-refractivity contribution in [3.63, 3.8) is 0 Å². The van der Waals surface area contributed by atoms with E-state index >= 15 is 0 Å². The molecule has 0 spiro atoms. The molecule has 0 saturated carbocycles. The number of carbonyl (C=O) groups excluding carboxylic acids is 2. The van der Waals surface area contributed by atoms with Gasteiger partial charge in [-0.2, -0.15) is 0 Å². The third kappa shape index (κ3) is 67.2. The molecule has 0 bridgehead atoms. The molecule has 1 N–H and O–H groups in total. The molecule has 0 aromatic carbocycles. The number of amides is 1. The van der Waals surface area contributed by atoms with Crippen LogP contribution >= 0.6 is 7.82 Å². The second-order valence-electron chi connectivity index (χ2n) is 25.7. The third-order valence-corrected chi connectivity index (χ3v) is 17.0. The molecule has 3 unspecified atom stereocenters. The first-order valence-corrected chi connectivity index (χ1v) is 38.0. The second kappa shape index (κ2) is 65.9. The highest BCUT2D eigenvalue weighted by Crippen LogP contribution is 2.38. The molecule has 0 aromatic heterocycles. The summed E-state index contributed by atoms with van der Waals surface area (Å²) in [5, 5.41) is 3.04. The summed E-state index contributed by atoms with van der Waals surface area (Å²) >= 11 is 0. The first-order chi connectivity index (χ1) is 42.4. The molecule has 0 rings (SSSR count). The minimum absolute atomic E-state index is 0.0275. The van der Waals surface area contributed by atoms with Gasteiger partial charge in [0.25, 0.3) is 7.82 Å². The molecule has 9 nitrogen and oxygen atoms in total. The number of hydrogen-bond donors (Lipinski definition) is 1. The predicted octanol–water partition coefficient (Wildman–Crippen LogP) is 22.8. The number of ether oxygens (including phenoxy) is 1. The fraction of sp³-hybridized carbons (Fsp3) is 0.766. The Morgan fingerprint density at radius 2 is 0.701 bits per heavy atom. The van der Waals surface area contributed by atoms with Gasteiger partial charge in [-0.25, -0.2) is 0 Å². The number of quaternary nitrogens is 1. The van der Waals surface area contributed by atoms with Crippen molar-refractivity contribution in [3.8, 4) is 0 Å². The quantitative estimate of drug-likeness (QED) is 0.0212. The van der Waals surface area contributed by atoms with E-state index in [1.807, 2.05) is 33.3 Å². The Morgan fingerprint density at radius 3 is 1.07 bits per heavy atom. The van der Waals surface area contributed by atoms with E-state index < -0.39 is 26.6 Å². The van der Waals surface area contributed by atoms with E-state index in [-0.39, 0.29) is 24.9 Å². The van der Waals surface area contributed by atoms with Crippen LogP contribution in [0.4, 0.5) is 0 Å². The Morgan fingerprint density at radius 1 is 0.402 bits per heavy atom. The highest BCUT2D eigenvalue weighted by atomic mass is 31.2. The number of nitrogens with zero attached hydrogens (tertiary/aromatic N) is 1. The summed E-state index contributed by atoms with van der Waals surface area (Å²) in [6.07, 6.45) is 89.5. The lowest BCUT2D eigenvalue weighted by Gasteiger charge is -2.30. The first-order valence-electron chi connectivity index (χ1n) is 36.5. The van der Waals surface area contributed by atoms with Crippen LogP contribution in [0, 0.1) is 0 Å². The monoisotopic (exact) mass is 1240 g/mol. The highest BCUT2D eigenvalue weighted by molar-refractivity contribution is 7.45. The van der Waals surface area contributed by atoms with Crippen LogP contribution in [0.1, 0.15) is 329 Å². The zero-order valence-corrected chi connectivity index (χ0v) is 58.6. The van der Waals surface area contributed by atoms with E-state index in [0.717, 1.165) is 116 Å². The van der Waals surface area contributed by atoms with Crippen molar-refractivity contribution in [2.75, 3.05) is 40.9 Å². The van der Waals surface area contributed by atoms with Gasteiger partial charge in [0.2, 0.25) is 5.91 Å². The van der Waals surface area contributed by atoms with Gasteiger partial charge in [0, 0.05) is 12.8 Å². The molecule has 0 radical (unpaired) electrons. The first kappa shape index (κ1) is 83.9. The maximum atomic E-state index is 13.6. The molecular formula is C77H139N2O7P. The van der Waals surface area contributed by atoms with Crippen molar-refractivity contribution >= 4 is 19.7 Å². The fourth-order valence-electron chi connectivity index (χ4n) is 10.3. The Hall–Kier alpha value is -3.07. The van der Waals surface area contributed by atoms with E-state index in [1.54, 1.807) is 0 Å². The topological polar surface area (TPSA) is 114 Å². The van der Waals surface area contributed by atoms with Crippen LogP contribution in [0.2, 0.25) is 0 Å². The molecule has 0 aliphatic carbocycles. The van der Waals surface area contributed by atoms with E-state index in [9.17, 15) is 19.0 Å². The molecule has 0 aliphatic rings. The van der Waals surface area contributed by atoms with Gasteiger partial charge < -0.3 is 28.5 Å². The number of allylic oxidation sites excluding steroid dienone is 15. The van der Waals surface area contributed by atoms with Crippen LogP contribution in [0.15, 0.2) is 97.2 Å². The van der Waals surface area contributed by atoms with Crippen molar-refractivity contribution in [1.29, 1.82) is 0 Å². The molecule has 3 atom stereocenters. The summed E-state index contributed by atoms with van der Waals surface area (Å²) in [4.78, 5) is 40.3. The maximum Gasteiger partial charge on any atom is 0.306 e. The number of esters is 1. The number of unbranched alkanes of at least 4 members (excludes halogenated alkanes) is 36. The molecule has 87 heavy (non-hydrogen) atoms. The molecule has 0 saturated heterocycles. The number of hydrogen-bond acceptors (Lipinski definition) is 7.